The van der Waals surface area contributed by atoms with Gasteiger partial charge in [-0.1, -0.05) is 0 Å². The Labute approximate surface area is 62.2 Å². The van der Waals surface area contributed by atoms with Gasteiger partial charge in [-0.05, 0) is 21.1 Å². The molecule has 60 valence electrons. The number of rotatable bonds is 0. The molecule has 0 bridgehead atoms. The first-order valence-corrected chi connectivity index (χ1v) is 3.46. The molecule has 2 N–H and O–H groups in total. The van der Waals surface area contributed by atoms with Crippen LogP contribution in [0.5, 0.6) is 0 Å². The Kier molecular flexibility index (Phi) is 2.25. The summed E-state index contributed by atoms with van der Waals surface area (Å²) in [5.41, 5.74) is 5.81. The Morgan fingerprint density at radius 1 is 1.10 bits per heavy atom. The van der Waals surface area contributed by atoms with Crippen LogP contribution in [0.3, 0.4) is 0 Å². The van der Waals surface area contributed by atoms with Crippen molar-refractivity contribution in [3.8, 4) is 0 Å². The zero-order valence-electron chi connectivity index (χ0n) is 6.91. The molecule has 0 radical (unpaired) electrons. The minimum Gasteiger partial charge on any atom is -0.303 e. The molecule has 1 rings (SSSR count). The van der Waals surface area contributed by atoms with Crippen LogP contribution in [0.2, 0.25) is 0 Å². The van der Waals surface area contributed by atoms with Crippen LogP contribution < -0.4 is 5.73 Å². The van der Waals surface area contributed by atoms with Crippen LogP contribution in [0.4, 0.5) is 0 Å². The van der Waals surface area contributed by atoms with E-state index >= 15 is 0 Å². The zero-order chi connectivity index (χ0) is 7.72. The third-order valence-corrected chi connectivity index (χ3v) is 1.83. The van der Waals surface area contributed by atoms with Gasteiger partial charge in [-0.2, -0.15) is 0 Å². The summed E-state index contributed by atoms with van der Waals surface area (Å²) in [7, 11) is 6.13. The van der Waals surface area contributed by atoms with Crippen LogP contribution in [0.15, 0.2) is 0 Å². The van der Waals surface area contributed by atoms with E-state index in [-0.39, 0.29) is 6.29 Å². The Morgan fingerprint density at radius 2 is 1.50 bits per heavy atom. The first-order chi connectivity index (χ1) is 4.61. The largest absolute Gasteiger partial charge is 0.303 e. The maximum Gasteiger partial charge on any atom is 0.116 e. The lowest BCUT2D eigenvalue weighted by atomic mass is 10.5. The van der Waals surface area contributed by atoms with Gasteiger partial charge in [-0.15, -0.1) is 0 Å². The Morgan fingerprint density at radius 3 is 1.90 bits per heavy atom. The van der Waals surface area contributed by atoms with Crippen LogP contribution >= 0.6 is 0 Å². The normalized spacial score (nSPS) is 27.6. The summed E-state index contributed by atoms with van der Waals surface area (Å²) >= 11 is 0. The fourth-order valence-electron chi connectivity index (χ4n) is 1.31. The van der Waals surface area contributed by atoms with E-state index in [0.29, 0.717) is 0 Å². The molecular weight excluding hydrogens is 128 g/mol. The number of hydrogen-bond acceptors (Lipinski definition) is 4. The van der Waals surface area contributed by atoms with Gasteiger partial charge in [0.05, 0.1) is 13.3 Å². The highest BCUT2D eigenvalue weighted by Crippen LogP contribution is 2.03. The van der Waals surface area contributed by atoms with E-state index in [1.54, 1.807) is 0 Å². The average Bonchev–Trinajstić information content (AvgIpc) is 1.82. The molecule has 10 heavy (non-hydrogen) atoms. The molecule has 1 aliphatic rings. The van der Waals surface area contributed by atoms with Gasteiger partial charge in [0.2, 0.25) is 0 Å². The molecule has 0 aromatic carbocycles. The van der Waals surface area contributed by atoms with Crippen molar-refractivity contribution in [3.05, 3.63) is 0 Å². The number of nitrogens with two attached hydrogens (primary N) is 1. The molecular formula is C6H16N4. The van der Waals surface area contributed by atoms with Crippen molar-refractivity contribution >= 4 is 0 Å². The highest BCUT2D eigenvalue weighted by atomic mass is 15.5. The average molecular weight is 144 g/mol. The molecule has 0 aromatic rings. The van der Waals surface area contributed by atoms with Crippen molar-refractivity contribution in [3.63, 3.8) is 0 Å². The highest BCUT2D eigenvalue weighted by Gasteiger charge is 2.22. The summed E-state index contributed by atoms with van der Waals surface area (Å²) in [5.74, 6) is 0. The molecule has 0 atom stereocenters. The van der Waals surface area contributed by atoms with E-state index in [9.17, 15) is 0 Å². The van der Waals surface area contributed by atoms with Gasteiger partial charge in [-0.3, -0.25) is 14.7 Å². The first-order valence-electron chi connectivity index (χ1n) is 3.46. The molecule has 0 aliphatic carbocycles. The molecule has 0 unspecified atom stereocenters. The van der Waals surface area contributed by atoms with Crippen molar-refractivity contribution in [2.75, 3.05) is 34.5 Å². The predicted octanol–water partition coefficient (Wildman–Crippen LogP) is -1.05. The van der Waals surface area contributed by atoms with Gasteiger partial charge < -0.3 is 5.73 Å². The van der Waals surface area contributed by atoms with Gasteiger partial charge >= 0.3 is 0 Å². The van der Waals surface area contributed by atoms with E-state index in [2.05, 4.69) is 21.7 Å². The minimum absolute atomic E-state index is 0.0798. The van der Waals surface area contributed by atoms with Crippen LogP contribution in [0.25, 0.3) is 0 Å². The fraction of sp³-hybridized carbons (Fsp3) is 1.00. The van der Waals surface area contributed by atoms with Crippen molar-refractivity contribution in [2.45, 2.75) is 6.29 Å². The van der Waals surface area contributed by atoms with E-state index in [1.807, 2.05) is 14.1 Å². The standard InChI is InChI=1S/C6H16N4/c1-8-4-9(2)6(7)10(3)5-8/h6H,4-5,7H2,1-3H3. The minimum atomic E-state index is 0.0798. The summed E-state index contributed by atoms with van der Waals surface area (Å²) in [6.07, 6.45) is 0.0798. The second kappa shape index (κ2) is 2.84. The summed E-state index contributed by atoms with van der Waals surface area (Å²) in [4.78, 5) is 6.41. The predicted molar refractivity (Wildman–Crippen MR) is 41.0 cm³/mol. The molecule has 0 saturated carbocycles. The van der Waals surface area contributed by atoms with Crippen molar-refractivity contribution in [1.82, 2.24) is 14.7 Å². The SMILES string of the molecule is CN1CN(C)C(N)N(C)C1. The lowest BCUT2D eigenvalue weighted by molar-refractivity contribution is -0.0434. The summed E-state index contributed by atoms with van der Waals surface area (Å²) < 4.78 is 0. The number of hydrogen-bond donors (Lipinski definition) is 1. The maximum atomic E-state index is 5.81. The third kappa shape index (κ3) is 1.46. The molecule has 0 amide bonds. The summed E-state index contributed by atoms with van der Waals surface area (Å²) in [6.45, 7) is 1.90. The van der Waals surface area contributed by atoms with E-state index in [0.717, 1.165) is 13.3 Å². The van der Waals surface area contributed by atoms with Gasteiger partial charge in [-0.25, -0.2) is 0 Å². The van der Waals surface area contributed by atoms with Crippen LogP contribution in [-0.2, 0) is 0 Å². The Bertz CT molecular complexity index is 104. The summed E-state index contributed by atoms with van der Waals surface area (Å²) in [5, 5.41) is 0. The van der Waals surface area contributed by atoms with Crippen LogP contribution in [0.1, 0.15) is 0 Å². The van der Waals surface area contributed by atoms with Crippen LogP contribution in [0, 0.1) is 0 Å². The van der Waals surface area contributed by atoms with E-state index in [4.69, 9.17) is 5.73 Å². The lowest BCUT2D eigenvalue weighted by Crippen LogP contribution is -2.61. The topological polar surface area (TPSA) is 35.7 Å². The fourth-order valence-corrected chi connectivity index (χ4v) is 1.31. The molecule has 1 fully saturated rings. The van der Waals surface area contributed by atoms with Gasteiger partial charge in [0.15, 0.2) is 0 Å². The molecule has 1 saturated heterocycles. The van der Waals surface area contributed by atoms with Crippen molar-refractivity contribution in [2.24, 2.45) is 5.73 Å². The summed E-state index contributed by atoms with van der Waals surface area (Å²) in [6, 6.07) is 0. The maximum absolute atomic E-state index is 5.81. The van der Waals surface area contributed by atoms with Gasteiger partial charge in [0.25, 0.3) is 0 Å². The molecule has 0 spiro atoms. The van der Waals surface area contributed by atoms with E-state index in [1.165, 1.54) is 0 Å². The Balaban J connectivity index is 2.49. The second-order valence-corrected chi connectivity index (χ2v) is 3.07. The Hall–Kier alpha value is -0.160. The molecule has 4 heteroatoms. The van der Waals surface area contributed by atoms with Crippen LogP contribution in [-0.4, -0.2) is 55.5 Å². The highest BCUT2D eigenvalue weighted by molar-refractivity contribution is 4.66. The number of nitrogens with zero attached hydrogens (tertiary/aromatic N) is 3. The molecule has 1 aliphatic heterocycles. The lowest BCUT2D eigenvalue weighted by Gasteiger charge is -2.42. The smallest absolute Gasteiger partial charge is 0.116 e. The first kappa shape index (κ1) is 7.94. The molecule has 4 nitrogen and oxygen atoms in total. The van der Waals surface area contributed by atoms with Gasteiger partial charge in [0.1, 0.15) is 6.29 Å². The quantitative estimate of drug-likeness (QED) is 0.471. The second-order valence-electron chi connectivity index (χ2n) is 3.07. The molecule has 0 aromatic heterocycles. The van der Waals surface area contributed by atoms with E-state index < -0.39 is 0 Å². The van der Waals surface area contributed by atoms with Gasteiger partial charge in [0, 0.05) is 0 Å². The van der Waals surface area contributed by atoms with Crippen molar-refractivity contribution < 1.29 is 0 Å². The van der Waals surface area contributed by atoms with Crippen molar-refractivity contribution in [1.29, 1.82) is 0 Å². The third-order valence-electron chi connectivity index (χ3n) is 1.83. The zero-order valence-corrected chi connectivity index (χ0v) is 6.91. The monoisotopic (exact) mass is 144 g/mol. The molecule has 1 heterocycles.